The van der Waals surface area contributed by atoms with Crippen molar-refractivity contribution in [2.75, 3.05) is 51.3 Å². The molecule has 26 heavy (non-hydrogen) atoms. The maximum atomic E-state index is 11.6. The Labute approximate surface area is 175 Å². The second-order valence-corrected chi connectivity index (χ2v) is 10.7. The summed E-state index contributed by atoms with van der Waals surface area (Å²) in [5.74, 6) is 3.81. The minimum absolute atomic E-state index is 0. The molecule has 8 heteroatoms. The van der Waals surface area contributed by atoms with Gasteiger partial charge in [0.25, 0.3) is 0 Å². The van der Waals surface area contributed by atoms with Crippen molar-refractivity contribution in [1.82, 2.24) is 15.1 Å². The zero-order valence-electron chi connectivity index (χ0n) is 15.8. The molecule has 150 valence electrons. The van der Waals surface area contributed by atoms with Crippen LogP contribution in [0.1, 0.15) is 32.1 Å². The number of hydrogen-bond acceptors (Lipinski definition) is 4. The van der Waals surface area contributed by atoms with Gasteiger partial charge in [0.1, 0.15) is 0 Å². The molecule has 4 atom stereocenters. The molecular weight excluding hydrogens is 463 g/mol. The molecule has 2 aliphatic carbocycles. The number of piperazine rings is 1. The van der Waals surface area contributed by atoms with Crippen molar-refractivity contribution in [3.05, 3.63) is 0 Å². The zero-order valence-corrected chi connectivity index (χ0v) is 18.9. The summed E-state index contributed by atoms with van der Waals surface area (Å²) in [6.07, 6.45) is 6.59. The van der Waals surface area contributed by atoms with Crippen molar-refractivity contribution in [1.29, 1.82) is 0 Å². The van der Waals surface area contributed by atoms with Gasteiger partial charge in [0.2, 0.25) is 0 Å². The van der Waals surface area contributed by atoms with Gasteiger partial charge in [-0.2, -0.15) is 0 Å². The minimum Gasteiger partial charge on any atom is -0.356 e. The first kappa shape index (κ1) is 20.6. The molecule has 6 nitrogen and oxygen atoms in total. The number of nitrogens with one attached hydrogen (secondary N) is 1. The number of aliphatic imine (C=N–C) groups is 1. The average molecular weight is 496 g/mol. The van der Waals surface area contributed by atoms with Gasteiger partial charge in [0, 0.05) is 45.8 Å². The van der Waals surface area contributed by atoms with Crippen LogP contribution in [0.25, 0.3) is 0 Å². The molecular formula is C18H33IN4O2S. The number of rotatable bonds is 3. The fourth-order valence-electron chi connectivity index (χ4n) is 5.52. The third kappa shape index (κ3) is 4.48. The highest BCUT2D eigenvalue weighted by atomic mass is 127. The Bertz CT molecular complexity index is 619. The summed E-state index contributed by atoms with van der Waals surface area (Å²) < 4.78 is 23.2. The fourth-order valence-corrected chi connectivity index (χ4v) is 7.39. The van der Waals surface area contributed by atoms with E-state index in [9.17, 15) is 8.42 Å². The van der Waals surface area contributed by atoms with Crippen molar-refractivity contribution in [3.63, 3.8) is 0 Å². The predicted octanol–water partition coefficient (Wildman–Crippen LogP) is 1.42. The van der Waals surface area contributed by atoms with Crippen molar-refractivity contribution in [3.8, 4) is 0 Å². The molecule has 2 saturated heterocycles. The standard InChI is InChI=1S/C18H32N4O2S.HI/c1-19-18(20-12-15-4-9-25(23,24)13-15)22-7-5-21(6-8-22)17-11-14-2-3-16(17)10-14;/h14-17H,2-13H2,1H3,(H,19,20);1H. The highest BCUT2D eigenvalue weighted by Gasteiger charge is 2.42. The van der Waals surface area contributed by atoms with E-state index in [1.807, 2.05) is 7.05 Å². The number of nitrogens with zero attached hydrogens (tertiary/aromatic N) is 3. The minimum atomic E-state index is -2.80. The monoisotopic (exact) mass is 496 g/mol. The highest BCUT2D eigenvalue weighted by molar-refractivity contribution is 14.0. The Hall–Kier alpha value is -0.0900. The molecule has 2 bridgehead atoms. The van der Waals surface area contributed by atoms with Crippen LogP contribution in [0, 0.1) is 17.8 Å². The normalized spacial score (nSPS) is 37.0. The number of fused-ring (bicyclic) bond motifs is 2. The Morgan fingerprint density at radius 2 is 1.88 bits per heavy atom. The quantitative estimate of drug-likeness (QED) is 0.364. The Balaban J connectivity index is 0.00000196. The second-order valence-electron chi connectivity index (χ2n) is 8.46. The Kier molecular flexibility index (Phi) is 6.75. The molecule has 4 unspecified atom stereocenters. The van der Waals surface area contributed by atoms with Gasteiger partial charge in [-0.15, -0.1) is 24.0 Å². The van der Waals surface area contributed by atoms with Gasteiger partial charge >= 0.3 is 0 Å². The highest BCUT2D eigenvalue weighted by Crippen LogP contribution is 2.46. The molecule has 0 aromatic heterocycles. The van der Waals surface area contributed by atoms with Crippen molar-refractivity contribution >= 4 is 39.8 Å². The van der Waals surface area contributed by atoms with Gasteiger partial charge < -0.3 is 10.2 Å². The fraction of sp³-hybridized carbons (Fsp3) is 0.944. The summed E-state index contributed by atoms with van der Waals surface area (Å²) in [5, 5.41) is 3.42. The Morgan fingerprint density at radius 1 is 1.12 bits per heavy atom. The van der Waals surface area contributed by atoms with E-state index in [2.05, 4.69) is 20.1 Å². The van der Waals surface area contributed by atoms with Crippen LogP contribution >= 0.6 is 24.0 Å². The summed E-state index contributed by atoms with van der Waals surface area (Å²) >= 11 is 0. The lowest BCUT2D eigenvalue weighted by atomic mass is 9.93. The van der Waals surface area contributed by atoms with Crippen LogP contribution in [-0.4, -0.2) is 81.5 Å². The lowest BCUT2D eigenvalue weighted by Gasteiger charge is -2.42. The maximum absolute atomic E-state index is 11.6. The number of hydrogen-bond donors (Lipinski definition) is 1. The van der Waals surface area contributed by atoms with Gasteiger partial charge in [0.05, 0.1) is 11.5 Å². The molecule has 2 aliphatic heterocycles. The summed E-state index contributed by atoms with van der Waals surface area (Å²) in [5.41, 5.74) is 0. The molecule has 0 aromatic rings. The Morgan fingerprint density at radius 3 is 2.42 bits per heavy atom. The zero-order chi connectivity index (χ0) is 17.4. The van der Waals surface area contributed by atoms with Crippen LogP contribution in [-0.2, 0) is 9.84 Å². The largest absolute Gasteiger partial charge is 0.356 e. The number of guanidine groups is 1. The smallest absolute Gasteiger partial charge is 0.193 e. The van der Waals surface area contributed by atoms with Crippen LogP contribution in [0.5, 0.6) is 0 Å². The van der Waals surface area contributed by atoms with Crippen LogP contribution < -0.4 is 5.32 Å². The first-order valence-corrected chi connectivity index (χ1v) is 11.8. The summed E-state index contributed by atoms with van der Waals surface area (Å²) in [6.45, 7) is 5.03. The molecule has 4 aliphatic rings. The van der Waals surface area contributed by atoms with Gasteiger partial charge in [-0.3, -0.25) is 9.89 Å². The average Bonchev–Trinajstić information content (AvgIpc) is 3.31. The summed E-state index contributed by atoms with van der Waals surface area (Å²) in [7, 11) is -0.967. The van der Waals surface area contributed by atoms with Gasteiger partial charge in [-0.25, -0.2) is 8.42 Å². The second kappa shape index (κ2) is 8.51. The van der Waals surface area contributed by atoms with E-state index in [1.54, 1.807) is 0 Å². The van der Waals surface area contributed by atoms with Crippen molar-refractivity contribution in [2.45, 2.75) is 38.1 Å². The van der Waals surface area contributed by atoms with Crippen LogP contribution in [0.3, 0.4) is 0 Å². The SMILES string of the molecule is CN=C(NCC1CCS(=O)(=O)C1)N1CCN(C2CC3CCC2C3)CC1.I. The molecule has 0 amide bonds. The lowest BCUT2D eigenvalue weighted by molar-refractivity contribution is 0.0958. The molecule has 0 spiro atoms. The van der Waals surface area contributed by atoms with Crippen molar-refractivity contribution < 1.29 is 8.42 Å². The first-order valence-electron chi connectivity index (χ1n) is 9.94. The molecule has 0 aromatic carbocycles. The van der Waals surface area contributed by atoms with E-state index in [0.29, 0.717) is 11.5 Å². The first-order chi connectivity index (χ1) is 12.0. The third-order valence-electron chi connectivity index (χ3n) is 6.87. The van der Waals surface area contributed by atoms with E-state index >= 15 is 0 Å². The van der Waals surface area contributed by atoms with Crippen LogP contribution in [0.4, 0.5) is 0 Å². The van der Waals surface area contributed by atoms with Gasteiger partial charge in [0.15, 0.2) is 15.8 Å². The molecule has 0 radical (unpaired) electrons. The van der Waals surface area contributed by atoms with E-state index in [0.717, 1.165) is 63.0 Å². The predicted molar refractivity (Wildman–Crippen MR) is 116 cm³/mol. The molecule has 2 heterocycles. The maximum Gasteiger partial charge on any atom is 0.193 e. The molecule has 4 rings (SSSR count). The van der Waals surface area contributed by atoms with E-state index < -0.39 is 9.84 Å². The van der Waals surface area contributed by atoms with E-state index in [-0.39, 0.29) is 29.9 Å². The van der Waals surface area contributed by atoms with Gasteiger partial charge in [-0.05, 0) is 43.4 Å². The summed E-state index contributed by atoms with van der Waals surface area (Å²) in [4.78, 5) is 9.49. The number of sulfone groups is 1. The van der Waals surface area contributed by atoms with Crippen LogP contribution in [0.2, 0.25) is 0 Å². The molecule has 2 saturated carbocycles. The van der Waals surface area contributed by atoms with Crippen LogP contribution in [0.15, 0.2) is 4.99 Å². The molecule has 4 fully saturated rings. The topological polar surface area (TPSA) is 65.0 Å². The number of halogens is 1. The lowest BCUT2D eigenvalue weighted by Crippen LogP contribution is -2.55. The van der Waals surface area contributed by atoms with Gasteiger partial charge in [-0.1, -0.05) is 6.42 Å². The van der Waals surface area contributed by atoms with E-state index in [1.165, 1.54) is 25.7 Å². The van der Waals surface area contributed by atoms with E-state index in [4.69, 9.17) is 0 Å². The third-order valence-corrected chi connectivity index (χ3v) is 8.71. The summed E-state index contributed by atoms with van der Waals surface area (Å²) in [6, 6.07) is 0.833. The molecule has 1 N–H and O–H groups in total. The van der Waals surface area contributed by atoms with Crippen molar-refractivity contribution in [2.24, 2.45) is 22.7 Å².